The van der Waals surface area contributed by atoms with E-state index in [0.29, 0.717) is 13.0 Å². The van der Waals surface area contributed by atoms with Crippen LogP contribution in [0.15, 0.2) is 24.3 Å². The molecule has 0 bridgehead atoms. The van der Waals surface area contributed by atoms with E-state index >= 15 is 0 Å². The highest BCUT2D eigenvalue weighted by Gasteiger charge is 2.04. The van der Waals surface area contributed by atoms with Gasteiger partial charge in [-0.25, -0.2) is 0 Å². The fourth-order valence-corrected chi connectivity index (χ4v) is 1.88. The van der Waals surface area contributed by atoms with E-state index in [4.69, 9.17) is 4.74 Å². The van der Waals surface area contributed by atoms with Crippen molar-refractivity contribution < 1.29 is 9.53 Å². The van der Waals surface area contributed by atoms with E-state index in [-0.39, 0.29) is 5.91 Å². The molecule has 0 aromatic heterocycles. The lowest BCUT2D eigenvalue weighted by atomic mass is 10.1. The number of hydrogen-bond acceptors (Lipinski definition) is 3. The Morgan fingerprint density at radius 1 is 1.21 bits per heavy atom. The highest BCUT2D eigenvalue weighted by Crippen LogP contribution is 2.11. The lowest BCUT2D eigenvalue weighted by Crippen LogP contribution is -2.35. The number of ether oxygens (including phenoxy) is 1. The molecule has 0 radical (unpaired) electrons. The Morgan fingerprint density at radius 3 is 2.37 bits per heavy atom. The van der Waals surface area contributed by atoms with E-state index in [2.05, 4.69) is 24.1 Å². The molecule has 1 amide bonds. The van der Waals surface area contributed by atoms with E-state index < -0.39 is 0 Å². The minimum Gasteiger partial charge on any atom is -0.497 e. The molecule has 1 rings (SSSR count). The first-order valence-corrected chi connectivity index (χ1v) is 6.81. The first kappa shape index (κ1) is 15.5. The summed E-state index contributed by atoms with van der Waals surface area (Å²) in [5.74, 6) is 0.878. The number of rotatable bonds is 8. The van der Waals surface area contributed by atoms with Gasteiger partial charge < -0.3 is 15.0 Å². The number of benzene rings is 1. The molecule has 4 nitrogen and oxygen atoms in total. The summed E-state index contributed by atoms with van der Waals surface area (Å²) in [7, 11) is 1.63. The van der Waals surface area contributed by atoms with E-state index in [1.165, 1.54) is 0 Å². The molecular formula is C15H24N2O2. The van der Waals surface area contributed by atoms with Crippen LogP contribution in [-0.4, -0.2) is 44.1 Å². The summed E-state index contributed by atoms with van der Waals surface area (Å²) < 4.78 is 5.08. The maximum atomic E-state index is 11.8. The molecule has 0 aliphatic carbocycles. The molecule has 0 aliphatic rings. The first-order valence-electron chi connectivity index (χ1n) is 6.81. The summed E-state index contributed by atoms with van der Waals surface area (Å²) in [6.45, 7) is 7.90. The summed E-state index contributed by atoms with van der Waals surface area (Å²) in [6, 6.07) is 7.59. The maximum Gasteiger partial charge on any atom is 0.224 e. The van der Waals surface area contributed by atoms with Gasteiger partial charge in [-0.1, -0.05) is 26.0 Å². The van der Waals surface area contributed by atoms with Gasteiger partial charge in [-0.05, 0) is 30.8 Å². The molecule has 0 atom stereocenters. The van der Waals surface area contributed by atoms with Gasteiger partial charge >= 0.3 is 0 Å². The number of hydrogen-bond donors (Lipinski definition) is 1. The van der Waals surface area contributed by atoms with Crippen LogP contribution in [0.4, 0.5) is 0 Å². The predicted octanol–water partition coefficient (Wildman–Crippen LogP) is 1.70. The fraction of sp³-hybridized carbons (Fsp3) is 0.533. The highest BCUT2D eigenvalue weighted by atomic mass is 16.5. The van der Waals surface area contributed by atoms with Crippen LogP contribution in [0.3, 0.4) is 0 Å². The first-order chi connectivity index (χ1) is 9.19. The van der Waals surface area contributed by atoms with Crippen LogP contribution in [-0.2, 0) is 11.2 Å². The van der Waals surface area contributed by atoms with Gasteiger partial charge in [0.1, 0.15) is 5.75 Å². The molecule has 0 aliphatic heterocycles. The van der Waals surface area contributed by atoms with Crippen LogP contribution in [0, 0.1) is 0 Å². The second-order valence-corrected chi connectivity index (χ2v) is 4.40. The molecular weight excluding hydrogens is 240 g/mol. The highest BCUT2D eigenvalue weighted by molar-refractivity contribution is 5.78. The number of nitrogens with zero attached hydrogens (tertiary/aromatic N) is 1. The Balaban J connectivity index is 2.30. The number of methoxy groups -OCH3 is 1. The Kier molecular flexibility index (Phi) is 6.97. The number of carbonyl (C=O) groups is 1. The molecule has 19 heavy (non-hydrogen) atoms. The van der Waals surface area contributed by atoms with E-state index in [9.17, 15) is 4.79 Å². The fourth-order valence-electron chi connectivity index (χ4n) is 1.88. The normalized spacial score (nSPS) is 10.5. The van der Waals surface area contributed by atoms with Crippen LogP contribution < -0.4 is 10.1 Å². The standard InChI is InChI=1S/C15H24N2O2/c1-4-17(5-2)11-10-16-15(18)12-13-6-8-14(19-3)9-7-13/h6-9H,4-5,10-12H2,1-3H3,(H,16,18). The van der Waals surface area contributed by atoms with Crippen LogP contribution in [0.2, 0.25) is 0 Å². The third-order valence-electron chi connectivity index (χ3n) is 3.17. The van der Waals surface area contributed by atoms with Gasteiger partial charge in [-0.15, -0.1) is 0 Å². The van der Waals surface area contributed by atoms with Gasteiger partial charge in [0.05, 0.1) is 13.5 Å². The molecule has 0 saturated carbocycles. The molecule has 4 heteroatoms. The summed E-state index contributed by atoms with van der Waals surface area (Å²) in [6.07, 6.45) is 0.419. The topological polar surface area (TPSA) is 41.6 Å². The number of amides is 1. The van der Waals surface area contributed by atoms with Crippen molar-refractivity contribution in [3.8, 4) is 5.75 Å². The van der Waals surface area contributed by atoms with Crippen molar-refractivity contribution in [3.05, 3.63) is 29.8 Å². The smallest absolute Gasteiger partial charge is 0.224 e. The Hall–Kier alpha value is -1.55. The van der Waals surface area contributed by atoms with Crippen molar-refractivity contribution in [2.75, 3.05) is 33.3 Å². The molecule has 1 N–H and O–H groups in total. The van der Waals surface area contributed by atoms with Crippen LogP contribution in [0.1, 0.15) is 19.4 Å². The summed E-state index contributed by atoms with van der Waals surface area (Å²) in [5.41, 5.74) is 1.00. The second kappa shape index (κ2) is 8.53. The summed E-state index contributed by atoms with van der Waals surface area (Å²) >= 11 is 0. The Morgan fingerprint density at radius 2 is 1.84 bits per heavy atom. The quantitative estimate of drug-likeness (QED) is 0.777. The van der Waals surface area contributed by atoms with Crippen molar-refractivity contribution in [2.24, 2.45) is 0 Å². The molecule has 0 spiro atoms. The molecule has 1 aromatic carbocycles. The van der Waals surface area contributed by atoms with Gasteiger partial charge in [-0.3, -0.25) is 4.79 Å². The third kappa shape index (κ3) is 5.75. The maximum absolute atomic E-state index is 11.8. The zero-order valence-electron chi connectivity index (χ0n) is 12.1. The summed E-state index contributed by atoms with van der Waals surface area (Å²) in [4.78, 5) is 14.0. The Bertz CT molecular complexity index is 372. The number of nitrogens with one attached hydrogen (secondary N) is 1. The SMILES string of the molecule is CCN(CC)CCNC(=O)Cc1ccc(OC)cc1. The van der Waals surface area contributed by atoms with Crippen LogP contribution >= 0.6 is 0 Å². The van der Waals surface area contributed by atoms with Gasteiger partial charge in [0.25, 0.3) is 0 Å². The molecule has 0 fully saturated rings. The van der Waals surface area contributed by atoms with Crippen molar-refractivity contribution in [1.82, 2.24) is 10.2 Å². The lowest BCUT2D eigenvalue weighted by molar-refractivity contribution is -0.120. The van der Waals surface area contributed by atoms with Crippen molar-refractivity contribution in [3.63, 3.8) is 0 Å². The summed E-state index contributed by atoms with van der Waals surface area (Å²) in [5, 5.41) is 2.95. The van der Waals surface area contributed by atoms with E-state index in [0.717, 1.165) is 30.9 Å². The average molecular weight is 264 g/mol. The van der Waals surface area contributed by atoms with Crippen molar-refractivity contribution in [2.45, 2.75) is 20.3 Å². The lowest BCUT2D eigenvalue weighted by Gasteiger charge is -2.17. The second-order valence-electron chi connectivity index (χ2n) is 4.40. The zero-order valence-corrected chi connectivity index (χ0v) is 12.1. The van der Waals surface area contributed by atoms with Crippen molar-refractivity contribution in [1.29, 1.82) is 0 Å². The van der Waals surface area contributed by atoms with Gasteiger partial charge in [0.15, 0.2) is 0 Å². The largest absolute Gasteiger partial charge is 0.497 e. The molecule has 1 aromatic rings. The van der Waals surface area contributed by atoms with Crippen LogP contribution in [0.5, 0.6) is 5.75 Å². The van der Waals surface area contributed by atoms with E-state index in [1.54, 1.807) is 7.11 Å². The molecule has 0 saturated heterocycles. The molecule has 0 heterocycles. The van der Waals surface area contributed by atoms with Gasteiger partial charge in [-0.2, -0.15) is 0 Å². The van der Waals surface area contributed by atoms with E-state index in [1.807, 2.05) is 24.3 Å². The molecule has 0 unspecified atom stereocenters. The van der Waals surface area contributed by atoms with Crippen LogP contribution in [0.25, 0.3) is 0 Å². The van der Waals surface area contributed by atoms with Gasteiger partial charge in [0.2, 0.25) is 5.91 Å². The predicted molar refractivity (Wildman–Crippen MR) is 77.5 cm³/mol. The molecule has 106 valence electrons. The number of carbonyl (C=O) groups excluding carboxylic acids is 1. The number of likely N-dealkylation sites (N-methyl/N-ethyl adjacent to an activating group) is 1. The average Bonchev–Trinajstić information content (AvgIpc) is 2.44. The zero-order chi connectivity index (χ0) is 14.1. The minimum absolute atomic E-state index is 0.0670. The monoisotopic (exact) mass is 264 g/mol. The minimum atomic E-state index is 0.0670. The van der Waals surface area contributed by atoms with Gasteiger partial charge in [0, 0.05) is 13.1 Å². The van der Waals surface area contributed by atoms with Crippen molar-refractivity contribution >= 4 is 5.91 Å². The third-order valence-corrected chi connectivity index (χ3v) is 3.17. The Labute approximate surface area is 115 Å².